The highest BCUT2D eigenvalue weighted by Gasteiger charge is 2.35. The Morgan fingerprint density at radius 3 is 2.91 bits per heavy atom. The van der Waals surface area contributed by atoms with Crippen LogP contribution in [0.4, 0.5) is 0 Å². The van der Waals surface area contributed by atoms with Crippen molar-refractivity contribution in [1.82, 2.24) is 4.90 Å². The summed E-state index contributed by atoms with van der Waals surface area (Å²) >= 11 is 0. The number of rotatable bonds is 5. The summed E-state index contributed by atoms with van der Waals surface area (Å²) < 4.78 is 0. The Hall–Kier alpha value is -0.630. The second kappa shape index (κ2) is 3.67. The van der Waals surface area contributed by atoms with Crippen LogP contribution in [0.15, 0.2) is 12.7 Å². The van der Waals surface area contributed by atoms with Crippen molar-refractivity contribution in [1.29, 1.82) is 0 Å². The molecule has 2 nitrogen and oxygen atoms in total. The number of nitrogens with zero attached hydrogens (tertiary/aromatic N) is 1. The topological polar surface area (TPSA) is 20.1 Å². The monoisotopic (exact) mass is 153 g/mol. The number of Topliss-reactive ketones (excluding diaryl/α,β-unsaturated/α-hetero) is 1. The van der Waals surface area contributed by atoms with Crippen LogP contribution in [0.1, 0.15) is 19.3 Å². The molecule has 0 bridgehead atoms. The Morgan fingerprint density at radius 2 is 2.45 bits per heavy atom. The molecule has 1 aliphatic heterocycles. The maximum absolute atomic E-state index is 11.2. The maximum atomic E-state index is 11.2. The van der Waals surface area contributed by atoms with E-state index in [1.165, 1.54) is 0 Å². The molecule has 0 aliphatic carbocycles. The number of carbonyl (C=O) groups excluding carboxylic acids is 1. The fourth-order valence-electron chi connectivity index (χ4n) is 1.16. The van der Waals surface area contributed by atoms with Gasteiger partial charge in [0, 0.05) is 13.0 Å². The van der Waals surface area contributed by atoms with E-state index in [9.17, 15) is 4.79 Å². The summed E-state index contributed by atoms with van der Waals surface area (Å²) in [6, 6.07) is 0.250. The molecule has 0 N–H and O–H groups in total. The molecule has 2 atom stereocenters. The van der Waals surface area contributed by atoms with Gasteiger partial charge in [0.25, 0.3) is 0 Å². The minimum atomic E-state index is 0.250. The fraction of sp³-hybridized carbons (Fsp3) is 0.667. The van der Waals surface area contributed by atoms with Crippen LogP contribution in [0.2, 0.25) is 0 Å². The molecule has 0 radical (unpaired) electrons. The van der Waals surface area contributed by atoms with Crippen LogP contribution in [-0.4, -0.2) is 30.3 Å². The molecule has 1 heterocycles. The third-order valence-corrected chi connectivity index (χ3v) is 2.06. The molecule has 1 fully saturated rings. The second-order valence-corrected chi connectivity index (χ2v) is 3.10. The lowest BCUT2D eigenvalue weighted by Gasteiger charge is -1.95. The zero-order chi connectivity index (χ0) is 8.27. The number of ketones is 1. The summed E-state index contributed by atoms with van der Waals surface area (Å²) in [5.74, 6) is 0.398. The summed E-state index contributed by atoms with van der Waals surface area (Å²) in [6.07, 6.45) is 4.51. The molecule has 0 saturated carbocycles. The minimum Gasteiger partial charge on any atom is -0.298 e. The lowest BCUT2D eigenvalue weighted by atomic mass is 10.1. The predicted molar refractivity (Wildman–Crippen MR) is 45.5 cm³/mol. The third kappa shape index (κ3) is 2.46. The number of likely N-dealkylation sites (N-methyl/N-ethyl adjacent to an activating group) is 1. The Bertz CT molecular complexity index is 165. The van der Waals surface area contributed by atoms with E-state index >= 15 is 0 Å². The van der Waals surface area contributed by atoms with Crippen LogP contribution in [0.25, 0.3) is 0 Å². The van der Waals surface area contributed by atoms with Gasteiger partial charge in [-0.05, 0) is 19.9 Å². The second-order valence-electron chi connectivity index (χ2n) is 3.10. The molecule has 1 saturated heterocycles. The molecule has 62 valence electrons. The van der Waals surface area contributed by atoms with Crippen molar-refractivity contribution < 1.29 is 4.79 Å². The molecule has 1 unspecified atom stereocenters. The third-order valence-electron chi connectivity index (χ3n) is 2.06. The summed E-state index contributed by atoms with van der Waals surface area (Å²) in [7, 11) is 1.98. The van der Waals surface area contributed by atoms with Crippen molar-refractivity contribution in [2.75, 3.05) is 13.6 Å². The van der Waals surface area contributed by atoms with E-state index in [2.05, 4.69) is 11.5 Å². The Kier molecular flexibility index (Phi) is 2.83. The van der Waals surface area contributed by atoms with Crippen molar-refractivity contribution >= 4 is 5.78 Å². The van der Waals surface area contributed by atoms with E-state index in [0.717, 1.165) is 25.8 Å². The lowest BCUT2D eigenvalue weighted by molar-refractivity contribution is -0.119. The van der Waals surface area contributed by atoms with Crippen LogP contribution < -0.4 is 0 Å². The van der Waals surface area contributed by atoms with Crippen LogP contribution in [0, 0.1) is 0 Å². The predicted octanol–water partition coefficient (Wildman–Crippen LogP) is 1.23. The molecule has 0 amide bonds. The van der Waals surface area contributed by atoms with Crippen molar-refractivity contribution in [3.63, 3.8) is 0 Å². The number of hydrogen-bond donors (Lipinski definition) is 0. The molecular weight excluding hydrogens is 138 g/mol. The fourth-order valence-corrected chi connectivity index (χ4v) is 1.16. The number of carbonyl (C=O) groups is 1. The van der Waals surface area contributed by atoms with E-state index in [0.29, 0.717) is 5.78 Å². The standard InChI is InChI=1S/C9H15NO/c1-3-4-5-6-9(11)8-7-10(8)2/h3,8H,1,4-7H2,2H3/t8-,10?/m0/s1. The zero-order valence-electron chi connectivity index (χ0n) is 7.05. The van der Waals surface area contributed by atoms with Crippen molar-refractivity contribution in [3.05, 3.63) is 12.7 Å². The van der Waals surface area contributed by atoms with Gasteiger partial charge in [0.15, 0.2) is 5.78 Å². The van der Waals surface area contributed by atoms with E-state index in [1.54, 1.807) is 0 Å². The van der Waals surface area contributed by atoms with Gasteiger partial charge in [0.1, 0.15) is 0 Å². The maximum Gasteiger partial charge on any atom is 0.151 e. The van der Waals surface area contributed by atoms with Crippen LogP contribution in [0.5, 0.6) is 0 Å². The first-order chi connectivity index (χ1) is 5.25. The van der Waals surface area contributed by atoms with Gasteiger partial charge >= 0.3 is 0 Å². The normalized spacial score (nSPS) is 28.1. The minimum absolute atomic E-state index is 0.250. The first kappa shape index (κ1) is 8.47. The van der Waals surface area contributed by atoms with Gasteiger partial charge < -0.3 is 0 Å². The molecule has 0 aromatic carbocycles. The van der Waals surface area contributed by atoms with Gasteiger partial charge in [-0.3, -0.25) is 9.69 Å². The van der Waals surface area contributed by atoms with Crippen LogP contribution in [0.3, 0.4) is 0 Å². The highest BCUT2D eigenvalue weighted by Crippen LogP contribution is 2.16. The molecular formula is C9H15NO. The summed E-state index contributed by atoms with van der Waals surface area (Å²) in [5.41, 5.74) is 0. The largest absolute Gasteiger partial charge is 0.298 e. The van der Waals surface area contributed by atoms with Crippen molar-refractivity contribution in [2.45, 2.75) is 25.3 Å². The van der Waals surface area contributed by atoms with Crippen molar-refractivity contribution in [2.24, 2.45) is 0 Å². The van der Waals surface area contributed by atoms with Gasteiger partial charge in [-0.15, -0.1) is 6.58 Å². The van der Waals surface area contributed by atoms with E-state index < -0.39 is 0 Å². The van der Waals surface area contributed by atoms with E-state index in [1.807, 2.05) is 13.1 Å². The average Bonchev–Trinajstić information content (AvgIpc) is 2.67. The molecule has 1 rings (SSSR count). The first-order valence-corrected chi connectivity index (χ1v) is 4.09. The molecule has 11 heavy (non-hydrogen) atoms. The van der Waals surface area contributed by atoms with Gasteiger partial charge in [-0.1, -0.05) is 6.08 Å². The quantitative estimate of drug-likeness (QED) is 0.336. The SMILES string of the molecule is C=CCCCC(=O)[C@@H]1CN1C. The smallest absolute Gasteiger partial charge is 0.151 e. The summed E-state index contributed by atoms with van der Waals surface area (Å²) in [6.45, 7) is 4.58. The lowest BCUT2D eigenvalue weighted by Crippen LogP contribution is -2.09. The first-order valence-electron chi connectivity index (χ1n) is 4.09. The Morgan fingerprint density at radius 1 is 1.82 bits per heavy atom. The Balaban J connectivity index is 2.07. The molecule has 0 aromatic heterocycles. The van der Waals surface area contributed by atoms with Crippen LogP contribution >= 0.6 is 0 Å². The molecule has 2 heteroatoms. The van der Waals surface area contributed by atoms with E-state index in [4.69, 9.17) is 0 Å². The van der Waals surface area contributed by atoms with E-state index in [-0.39, 0.29) is 6.04 Å². The van der Waals surface area contributed by atoms with Gasteiger partial charge in [-0.2, -0.15) is 0 Å². The summed E-state index contributed by atoms with van der Waals surface area (Å²) in [4.78, 5) is 13.3. The zero-order valence-corrected chi connectivity index (χ0v) is 7.05. The summed E-state index contributed by atoms with van der Waals surface area (Å²) in [5, 5.41) is 0. The van der Waals surface area contributed by atoms with Gasteiger partial charge in [0.05, 0.1) is 6.04 Å². The number of hydrogen-bond acceptors (Lipinski definition) is 2. The highest BCUT2D eigenvalue weighted by molar-refractivity contribution is 5.86. The average molecular weight is 153 g/mol. The van der Waals surface area contributed by atoms with Crippen molar-refractivity contribution in [3.8, 4) is 0 Å². The van der Waals surface area contributed by atoms with Gasteiger partial charge in [0.2, 0.25) is 0 Å². The molecule has 0 aromatic rings. The highest BCUT2D eigenvalue weighted by atomic mass is 16.1. The van der Waals surface area contributed by atoms with Gasteiger partial charge in [-0.25, -0.2) is 0 Å². The molecule has 0 spiro atoms. The number of unbranched alkanes of at least 4 members (excludes halogenated alkanes) is 1. The molecule has 1 aliphatic rings. The Labute approximate surface area is 67.9 Å². The van der Waals surface area contributed by atoms with Crippen LogP contribution in [-0.2, 0) is 4.79 Å². The number of allylic oxidation sites excluding steroid dienone is 1.